The van der Waals surface area contributed by atoms with Gasteiger partial charge in [0.1, 0.15) is 0 Å². The first-order valence-corrected chi connectivity index (χ1v) is 7.54. The average Bonchev–Trinajstić information content (AvgIpc) is 2.30. The van der Waals surface area contributed by atoms with E-state index in [2.05, 4.69) is 23.7 Å². The summed E-state index contributed by atoms with van der Waals surface area (Å²) in [4.78, 5) is 0. The van der Waals surface area contributed by atoms with E-state index in [4.69, 9.17) is 11.6 Å². The van der Waals surface area contributed by atoms with Crippen LogP contribution in [0.5, 0.6) is 0 Å². The molecule has 0 bridgehead atoms. The van der Waals surface area contributed by atoms with Crippen LogP contribution in [0.2, 0.25) is 5.02 Å². The predicted octanol–water partition coefficient (Wildman–Crippen LogP) is 3.62. The fourth-order valence-corrected chi connectivity index (χ4v) is 2.12. The Balaban J connectivity index is 2.01. The van der Waals surface area contributed by atoms with E-state index in [1.54, 1.807) is 0 Å². The molecule has 0 aliphatic heterocycles. The summed E-state index contributed by atoms with van der Waals surface area (Å²) in [6.07, 6.45) is 5.84. The number of hydrogen-bond acceptors (Lipinski definition) is 2. The molecule has 0 aliphatic carbocycles. The standard InChI is InChI=1S/C13H20ClNS/c1-16-11-3-2-9-15-10-8-12-4-6-13(14)7-5-12/h4-7,15H,2-3,8-11H2,1H3. The number of halogens is 1. The highest BCUT2D eigenvalue weighted by atomic mass is 35.5. The van der Waals surface area contributed by atoms with Crippen molar-refractivity contribution in [1.29, 1.82) is 0 Å². The van der Waals surface area contributed by atoms with Gasteiger partial charge in [-0.1, -0.05) is 23.7 Å². The second-order valence-corrected chi connectivity index (χ2v) is 5.25. The Morgan fingerprint density at radius 2 is 1.88 bits per heavy atom. The van der Waals surface area contributed by atoms with Gasteiger partial charge in [-0.15, -0.1) is 0 Å². The molecule has 0 saturated carbocycles. The Hall–Kier alpha value is -0.180. The summed E-state index contributed by atoms with van der Waals surface area (Å²) in [5.74, 6) is 1.28. The first-order chi connectivity index (χ1) is 7.83. The van der Waals surface area contributed by atoms with Crippen molar-refractivity contribution in [2.45, 2.75) is 19.3 Å². The Kier molecular flexibility index (Phi) is 7.73. The summed E-state index contributed by atoms with van der Waals surface area (Å²) < 4.78 is 0. The van der Waals surface area contributed by atoms with E-state index in [9.17, 15) is 0 Å². The topological polar surface area (TPSA) is 12.0 Å². The van der Waals surface area contributed by atoms with Crippen LogP contribution in [0.3, 0.4) is 0 Å². The molecule has 0 unspecified atom stereocenters. The van der Waals surface area contributed by atoms with Crippen LogP contribution in [0.4, 0.5) is 0 Å². The Bertz CT molecular complexity index is 274. The van der Waals surface area contributed by atoms with Crippen LogP contribution in [0, 0.1) is 0 Å². The van der Waals surface area contributed by atoms with Crippen molar-refractivity contribution in [1.82, 2.24) is 5.32 Å². The van der Waals surface area contributed by atoms with Crippen molar-refractivity contribution in [3.63, 3.8) is 0 Å². The lowest BCUT2D eigenvalue weighted by Crippen LogP contribution is -2.18. The summed E-state index contributed by atoms with van der Waals surface area (Å²) in [6.45, 7) is 2.19. The molecule has 1 N–H and O–H groups in total. The summed E-state index contributed by atoms with van der Waals surface area (Å²) in [5.41, 5.74) is 1.35. The molecule has 0 radical (unpaired) electrons. The summed E-state index contributed by atoms with van der Waals surface area (Å²) in [7, 11) is 0. The van der Waals surface area contributed by atoms with Gasteiger partial charge < -0.3 is 5.32 Å². The molecular formula is C13H20ClNS. The van der Waals surface area contributed by atoms with E-state index in [0.717, 1.165) is 24.5 Å². The van der Waals surface area contributed by atoms with E-state index in [1.165, 1.54) is 24.2 Å². The zero-order chi connectivity index (χ0) is 11.6. The second-order valence-electron chi connectivity index (χ2n) is 3.83. The molecule has 1 rings (SSSR count). The van der Waals surface area contributed by atoms with E-state index < -0.39 is 0 Å². The normalized spacial score (nSPS) is 10.6. The monoisotopic (exact) mass is 257 g/mol. The van der Waals surface area contributed by atoms with Crippen LogP contribution in [-0.4, -0.2) is 25.1 Å². The van der Waals surface area contributed by atoms with E-state index in [0.29, 0.717) is 0 Å². The highest BCUT2D eigenvalue weighted by Gasteiger charge is 1.93. The van der Waals surface area contributed by atoms with Crippen LogP contribution in [0.1, 0.15) is 18.4 Å². The van der Waals surface area contributed by atoms with Gasteiger partial charge in [0.25, 0.3) is 0 Å². The maximum atomic E-state index is 5.83. The van der Waals surface area contributed by atoms with Crippen LogP contribution in [-0.2, 0) is 6.42 Å². The molecule has 90 valence electrons. The minimum atomic E-state index is 0.814. The summed E-state index contributed by atoms with van der Waals surface area (Å²) in [6, 6.07) is 8.10. The molecular weight excluding hydrogens is 238 g/mol. The molecule has 0 fully saturated rings. The van der Waals surface area contributed by atoms with Gasteiger partial charge in [-0.25, -0.2) is 0 Å². The van der Waals surface area contributed by atoms with Crippen LogP contribution < -0.4 is 5.32 Å². The minimum Gasteiger partial charge on any atom is -0.316 e. The number of nitrogens with one attached hydrogen (secondary N) is 1. The number of rotatable bonds is 8. The van der Waals surface area contributed by atoms with E-state index in [1.807, 2.05) is 23.9 Å². The molecule has 1 aromatic rings. The molecule has 1 nitrogen and oxygen atoms in total. The first kappa shape index (κ1) is 13.9. The quantitative estimate of drug-likeness (QED) is 0.714. The van der Waals surface area contributed by atoms with Crippen LogP contribution >= 0.6 is 23.4 Å². The first-order valence-electron chi connectivity index (χ1n) is 5.77. The number of thioether (sulfide) groups is 1. The van der Waals surface area contributed by atoms with E-state index in [-0.39, 0.29) is 0 Å². The number of benzene rings is 1. The third-order valence-corrected chi connectivity index (χ3v) is 3.40. The third-order valence-electron chi connectivity index (χ3n) is 2.46. The van der Waals surface area contributed by atoms with Crippen LogP contribution in [0.25, 0.3) is 0 Å². The molecule has 0 saturated heterocycles. The van der Waals surface area contributed by atoms with Gasteiger partial charge in [0, 0.05) is 5.02 Å². The zero-order valence-corrected chi connectivity index (χ0v) is 11.4. The fraction of sp³-hybridized carbons (Fsp3) is 0.538. The van der Waals surface area contributed by atoms with Gasteiger partial charge in [0.15, 0.2) is 0 Å². The molecule has 0 aliphatic rings. The van der Waals surface area contributed by atoms with E-state index >= 15 is 0 Å². The molecule has 0 atom stereocenters. The Morgan fingerprint density at radius 1 is 1.12 bits per heavy atom. The second kappa shape index (κ2) is 8.91. The predicted molar refractivity (Wildman–Crippen MR) is 75.6 cm³/mol. The molecule has 0 spiro atoms. The molecule has 16 heavy (non-hydrogen) atoms. The lowest BCUT2D eigenvalue weighted by atomic mass is 10.1. The average molecular weight is 258 g/mol. The smallest absolute Gasteiger partial charge is 0.0406 e. The molecule has 1 aromatic carbocycles. The molecule has 3 heteroatoms. The Morgan fingerprint density at radius 3 is 2.56 bits per heavy atom. The molecule has 0 aromatic heterocycles. The summed E-state index contributed by atoms with van der Waals surface area (Å²) >= 11 is 7.75. The van der Waals surface area contributed by atoms with Gasteiger partial charge in [-0.3, -0.25) is 0 Å². The van der Waals surface area contributed by atoms with Gasteiger partial charge in [-0.05, 0) is 62.1 Å². The van der Waals surface area contributed by atoms with Crippen molar-refractivity contribution in [3.8, 4) is 0 Å². The lowest BCUT2D eigenvalue weighted by molar-refractivity contribution is 0.642. The zero-order valence-electron chi connectivity index (χ0n) is 9.84. The van der Waals surface area contributed by atoms with Gasteiger partial charge in [-0.2, -0.15) is 11.8 Å². The van der Waals surface area contributed by atoms with Crippen LogP contribution in [0.15, 0.2) is 24.3 Å². The molecule has 0 amide bonds. The lowest BCUT2D eigenvalue weighted by Gasteiger charge is -2.04. The number of unbranched alkanes of at least 4 members (excludes halogenated alkanes) is 1. The highest BCUT2D eigenvalue weighted by Crippen LogP contribution is 2.09. The van der Waals surface area contributed by atoms with Gasteiger partial charge >= 0.3 is 0 Å². The maximum Gasteiger partial charge on any atom is 0.0406 e. The fourth-order valence-electron chi connectivity index (χ4n) is 1.51. The van der Waals surface area contributed by atoms with Crippen molar-refractivity contribution >= 4 is 23.4 Å². The number of hydrogen-bond donors (Lipinski definition) is 1. The van der Waals surface area contributed by atoms with Gasteiger partial charge in [0.2, 0.25) is 0 Å². The van der Waals surface area contributed by atoms with Crippen molar-refractivity contribution < 1.29 is 0 Å². The Labute approximate surface area is 108 Å². The minimum absolute atomic E-state index is 0.814. The summed E-state index contributed by atoms with van der Waals surface area (Å²) in [5, 5.41) is 4.28. The van der Waals surface area contributed by atoms with Crippen molar-refractivity contribution in [2.75, 3.05) is 25.1 Å². The van der Waals surface area contributed by atoms with Crippen molar-refractivity contribution in [2.24, 2.45) is 0 Å². The van der Waals surface area contributed by atoms with Crippen molar-refractivity contribution in [3.05, 3.63) is 34.9 Å². The third kappa shape index (κ3) is 6.41. The SMILES string of the molecule is CSCCCCNCCc1ccc(Cl)cc1. The largest absolute Gasteiger partial charge is 0.316 e. The highest BCUT2D eigenvalue weighted by molar-refractivity contribution is 7.98. The van der Waals surface area contributed by atoms with Gasteiger partial charge in [0.05, 0.1) is 0 Å². The molecule has 0 heterocycles. The maximum absolute atomic E-state index is 5.83.